The average Bonchev–Trinajstić information content (AvgIpc) is 3.33. The normalized spacial score (nSPS) is 19.8. The van der Waals surface area contributed by atoms with E-state index in [9.17, 15) is 22.8 Å². The first-order valence-electron chi connectivity index (χ1n) is 10.1. The highest BCUT2D eigenvalue weighted by atomic mass is 35.5. The number of thiophene rings is 1. The van der Waals surface area contributed by atoms with Gasteiger partial charge in [-0.1, -0.05) is 23.7 Å². The lowest BCUT2D eigenvalue weighted by Gasteiger charge is -2.44. The summed E-state index contributed by atoms with van der Waals surface area (Å²) in [5, 5.41) is 1.53. The standard InChI is InChI=1S/C21H22ClF3N2O3S/c1-13(21(23,24)25)30-19(29)26-10-7-20(8-11-26)6-3-9-27(20)18(28)16-12-14-4-2-5-15(22)17(14)31-16/h2,4-5,12-13H,3,6-11H2,1H3. The highest BCUT2D eigenvalue weighted by Crippen LogP contribution is 2.41. The largest absolute Gasteiger partial charge is 0.437 e. The maximum absolute atomic E-state index is 13.3. The van der Waals surface area contributed by atoms with E-state index in [-0.39, 0.29) is 24.5 Å². The Morgan fingerprint density at radius 2 is 1.90 bits per heavy atom. The molecule has 31 heavy (non-hydrogen) atoms. The second-order valence-corrected chi connectivity index (χ2v) is 9.57. The summed E-state index contributed by atoms with van der Waals surface area (Å²) >= 11 is 7.62. The van der Waals surface area contributed by atoms with Crippen LogP contribution in [-0.2, 0) is 4.74 Å². The van der Waals surface area contributed by atoms with Gasteiger partial charge in [-0.05, 0) is 50.1 Å². The van der Waals surface area contributed by atoms with Crippen molar-refractivity contribution in [2.24, 2.45) is 0 Å². The summed E-state index contributed by atoms with van der Waals surface area (Å²) in [7, 11) is 0. The minimum atomic E-state index is -4.59. The Morgan fingerprint density at radius 1 is 1.19 bits per heavy atom. The Bertz CT molecular complexity index is 1000. The third-order valence-electron chi connectivity index (χ3n) is 6.24. The second kappa shape index (κ2) is 8.16. The molecule has 1 atom stereocenters. The van der Waals surface area contributed by atoms with Crippen LogP contribution in [0.3, 0.4) is 0 Å². The first kappa shape index (κ1) is 22.2. The number of carbonyl (C=O) groups excluding carboxylic acids is 2. The van der Waals surface area contributed by atoms with Crippen molar-refractivity contribution in [1.82, 2.24) is 9.80 Å². The van der Waals surface area contributed by atoms with Gasteiger partial charge in [0, 0.05) is 25.2 Å². The third kappa shape index (κ3) is 4.22. The van der Waals surface area contributed by atoms with Crippen molar-refractivity contribution in [3.63, 3.8) is 0 Å². The van der Waals surface area contributed by atoms with Crippen molar-refractivity contribution in [2.45, 2.75) is 50.4 Å². The molecule has 4 rings (SSSR count). The molecule has 2 saturated heterocycles. The molecule has 3 heterocycles. The lowest BCUT2D eigenvalue weighted by molar-refractivity contribution is -0.200. The Kier molecular flexibility index (Phi) is 5.85. The molecule has 1 unspecified atom stereocenters. The first-order chi connectivity index (χ1) is 14.6. The van der Waals surface area contributed by atoms with Crippen LogP contribution in [0.1, 0.15) is 42.3 Å². The fourth-order valence-electron chi connectivity index (χ4n) is 4.44. The van der Waals surface area contributed by atoms with Crippen LogP contribution in [0.5, 0.6) is 0 Å². The minimum Gasteiger partial charge on any atom is -0.437 e. The van der Waals surface area contributed by atoms with Crippen molar-refractivity contribution in [3.05, 3.63) is 34.2 Å². The lowest BCUT2D eigenvalue weighted by atomic mass is 9.85. The van der Waals surface area contributed by atoms with Crippen LogP contribution >= 0.6 is 22.9 Å². The van der Waals surface area contributed by atoms with Crippen molar-refractivity contribution in [2.75, 3.05) is 19.6 Å². The molecule has 1 spiro atoms. The molecule has 10 heteroatoms. The zero-order valence-electron chi connectivity index (χ0n) is 16.9. The van der Waals surface area contributed by atoms with Crippen molar-refractivity contribution in [1.29, 1.82) is 0 Å². The molecule has 1 aromatic heterocycles. The number of piperidine rings is 1. The number of likely N-dealkylation sites (tertiary alicyclic amines) is 2. The number of nitrogens with zero attached hydrogens (tertiary/aromatic N) is 2. The van der Waals surface area contributed by atoms with Gasteiger partial charge in [-0.25, -0.2) is 4.79 Å². The molecule has 0 N–H and O–H groups in total. The van der Waals surface area contributed by atoms with E-state index in [1.54, 1.807) is 6.07 Å². The number of ether oxygens (including phenoxy) is 1. The van der Waals surface area contributed by atoms with E-state index in [4.69, 9.17) is 11.6 Å². The van der Waals surface area contributed by atoms with Gasteiger partial charge in [0.25, 0.3) is 5.91 Å². The Balaban J connectivity index is 1.45. The smallest absolute Gasteiger partial charge is 0.425 e. The number of amides is 2. The van der Waals surface area contributed by atoms with Crippen LogP contribution in [0.15, 0.2) is 24.3 Å². The number of halogens is 4. The number of benzene rings is 1. The molecular weight excluding hydrogens is 453 g/mol. The maximum atomic E-state index is 13.3. The van der Waals surface area contributed by atoms with Crippen LogP contribution < -0.4 is 0 Å². The third-order valence-corrected chi connectivity index (χ3v) is 7.84. The molecule has 0 saturated carbocycles. The zero-order chi connectivity index (χ0) is 22.4. The Morgan fingerprint density at radius 3 is 2.55 bits per heavy atom. The minimum absolute atomic E-state index is 0.0588. The highest BCUT2D eigenvalue weighted by Gasteiger charge is 2.47. The fourth-order valence-corrected chi connectivity index (χ4v) is 5.75. The quantitative estimate of drug-likeness (QED) is 0.560. The van der Waals surface area contributed by atoms with E-state index < -0.39 is 18.4 Å². The molecule has 2 aromatic rings. The highest BCUT2D eigenvalue weighted by molar-refractivity contribution is 7.21. The van der Waals surface area contributed by atoms with Crippen molar-refractivity contribution < 1.29 is 27.5 Å². The van der Waals surface area contributed by atoms with E-state index in [0.29, 0.717) is 29.3 Å². The summed E-state index contributed by atoms with van der Waals surface area (Å²) in [4.78, 5) is 29.3. The molecule has 0 radical (unpaired) electrons. The fraction of sp³-hybridized carbons (Fsp3) is 0.524. The average molecular weight is 475 g/mol. The zero-order valence-corrected chi connectivity index (χ0v) is 18.4. The first-order valence-corrected chi connectivity index (χ1v) is 11.3. The van der Waals surface area contributed by atoms with E-state index >= 15 is 0 Å². The molecule has 2 aliphatic heterocycles. The van der Waals surface area contributed by atoms with Gasteiger partial charge in [-0.3, -0.25) is 4.79 Å². The molecule has 1 aromatic carbocycles. The summed E-state index contributed by atoms with van der Waals surface area (Å²) in [5.74, 6) is -0.0588. The number of hydrogen-bond donors (Lipinski definition) is 0. The topological polar surface area (TPSA) is 49.9 Å². The number of alkyl halides is 3. The molecular formula is C21H22ClF3N2O3S. The summed E-state index contributed by atoms with van der Waals surface area (Å²) in [6, 6.07) is 7.41. The molecule has 2 aliphatic rings. The Hall–Kier alpha value is -2.00. The van der Waals surface area contributed by atoms with Crippen molar-refractivity contribution >= 4 is 45.0 Å². The maximum Gasteiger partial charge on any atom is 0.425 e. The van der Waals surface area contributed by atoms with Crippen LogP contribution in [0, 0.1) is 0 Å². The second-order valence-electron chi connectivity index (χ2n) is 8.11. The number of hydrogen-bond acceptors (Lipinski definition) is 4. The number of carbonyl (C=O) groups is 2. The summed E-state index contributed by atoms with van der Waals surface area (Å²) in [6.45, 7) is 1.95. The molecule has 2 amide bonds. The van der Waals surface area contributed by atoms with E-state index in [0.717, 1.165) is 29.9 Å². The van der Waals surface area contributed by atoms with Crippen molar-refractivity contribution in [3.8, 4) is 0 Å². The Labute approximate surface area is 186 Å². The molecule has 0 aliphatic carbocycles. The van der Waals surface area contributed by atoms with Gasteiger partial charge >= 0.3 is 12.3 Å². The van der Waals surface area contributed by atoms with E-state index in [1.807, 2.05) is 23.1 Å². The van der Waals surface area contributed by atoms with Gasteiger partial charge in [0.05, 0.1) is 14.6 Å². The van der Waals surface area contributed by atoms with Crippen LogP contribution in [-0.4, -0.2) is 59.3 Å². The van der Waals surface area contributed by atoms with Crippen LogP contribution in [0.2, 0.25) is 5.02 Å². The summed E-state index contributed by atoms with van der Waals surface area (Å²) in [6.07, 6.45) is -5.01. The monoisotopic (exact) mass is 474 g/mol. The van der Waals surface area contributed by atoms with Gasteiger partial charge in [0.1, 0.15) is 0 Å². The van der Waals surface area contributed by atoms with Crippen LogP contribution in [0.25, 0.3) is 10.1 Å². The summed E-state index contributed by atoms with van der Waals surface area (Å²) < 4.78 is 43.5. The molecule has 0 bridgehead atoms. The predicted molar refractivity (Wildman–Crippen MR) is 113 cm³/mol. The SMILES string of the molecule is CC(OC(=O)N1CCC2(CCCN2C(=O)c2cc3cccc(Cl)c3s2)CC1)C(F)(F)F. The number of fused-ring (bicyclic) bond motifs is 1. The summed E-state index contributed by atoms with van der Waals surface area (Å²) in [5.41, 5.74) is -0.385. The number of rotatable bonds is 2. The van der Waals surface area contributed by atoms with Gasteiger partial charge in [-0.2, -0.15) is 13.2 Å². The van der Waals surface area contributed by atoms with Gasteiger partial charge in [-0.15, -0.1) is 11.3 Å². The van der Waals surface area contributed by atoms with Gasteiger partial charge in [0.2, 0.25) is 0 Å². The lowest BCUT2D eigenvalue weighted by Crippen LogP contribution is -2.55. The molecule has 2 fully saturated rings. The molecule has 168 valence electrons. The van der Waals surface area contributed by atoms with E-state index in [2.05, 4.69) is 4.74 Å². The van der Waals surface area contributed by atoms with Crippen LogP contribution in [0.4, 0.5) is 18.0 Å². The van der Waals surface area contributed by atoms with Gasteiger partial charge < -0.3 is 14.5 Å². The molecule has 5 nitrogen and oxygen atoms in total. The van der Waals surface area contributed by atoms with E-state index in [1.165, 1.54) is 16.2 Å². The van der Waals surface area contributed by atoms with Gasteiger partial charge in [0.15, 0.2) is 6.10 Å². The predicted octanol–water partition coefficient (Wildman–Crippen LogP) is 5.71.